The number of rotatable bonds is 4. The van der Waals surface area contributed by atoms with Gasteiger partial charge in [-0.3, -0.25) is 4.79 Å². The first-order valence-electron chi connectivity index (χ1n) is 4.85. The molecule has 15 heavy (non-hydrogen) atoms. The van der Waals surface area contributed by atoms with Gasteiger partial charge < -0.3 is 16.4 Å². The summed E-state index contributed by atoms with van der Waals surface area (Å²) in [6.07, 6.45) is 5.13. The van der Waals surface area contributed by atoms with Crippen molar-refractivity contribution in [2.24, 2.45) is 0 Å². The molecule has 1 aromatic rings. The maximum atomic E-state index is 11.3. The Morgan fingerprint density at radius 2 is 2.27 bits per heavy atom. The predicted octanol–water partition coefficient (Wildman–Crippen LogP) is -0.251. The van der Waals surface area contributed by atoms with E-state index in [1.165, 1.54) is 12.4 Å². The lowest BCUT2D eigenvalue weighted by Crippen LogP contribution is -2.31. The zero-order chi connectivity index (χ0) is 10.7. The van der Waals surface area contributed by atoms with Gasteiger partial charge in [-0.15, -0.1) is 0 Å². The van der Waals surface area contributed by atoms with Gasteiger partial charge in [-0.2, -0.15) is 0 Å². The van der Waals surface area contributed by atoms with E-state index in [-0.39, 0.29) is 12.5 Å². The average molecular weight is 207 g/mol. The summed E-state index contributed by atoms with van der Waals surface area (Å²) in [5, 5.41) is 5.72. The van der Waals surface area contributed by atoms with Crippen LogP contribution in [-0.2, 0) is 4.79 Å². The van der Waals surface area contributed by atoms with E-state index in [1.54, 1.807) is 0 Å². The smallest absolute Gasteiger partial charge is 0.239 e. The molecule has 0 aliphatic heterocycles. The number of nitrogen functional groups attached to an aromatic ring is 1. The van der Waals surface area contributed by atoms with Gasteiger partial charge in [0.15, 0.2) is 0 Å². The van der Waals surface area contributed by atoms with Gasteiger partial charge in [0.25, 0.3) is 0 Å². The summed E-state index contributed by atoms with van der Waals surface area (Å²) in [5.74, 6) is 0.897. The summed E-state index contributed by atoms with van der Waals surface area (Å²) >= 11 is 0. The van der Waals surface area contributed by atoms with E-state index in [0.717, 1.165) is 12.8 Å². The third-order valence-electron chi connectivity index (χ3n) is 2.04. The molecule has 0 atom stereocenters. The number of anilines is 2. The highest BCUT2D eigenvalue weighted by Crippen LogP contribution is 2.18. The Balaban J connectivity index is 1.76. The van der Waals surface area contributed by atoms with Crippen molar-refractivity contribution in [2.45, 2.75) is 18.9 Å². The number of hydrogen-bond acceptors (Lipinski definition) is 5. The molecule has 0 saturated heterocycles. The maximum Gasteiger partial charge on any atom is 0.239 e. The van der Waals surface area contributed by atoms with Crippen molar-refractivity contribution in [1.82, 2.24) is 15.3 Å². The van der Waals surface area contributed by atoms with Crippen LogP contribution < -0.4 is 16.4 Å². The Bertz CT molecular complexity index is 346. The van der Waals surface area contributed by atoms with Crippen LogP contribution in [0.2, 0.25) is 0 Å². The van der Waals surface area contributed by atoms with Crippen molar-refractivity contribution in [2.75, 3.05) is 17.6 Å². The number of aromatic nitrogens is 2. The fourth-order valence-electron chi connectivity index (χ4n) is 1.11. The Morgan fingerprint density at radius 1 is 1.47 bits per heavy atom. The van der Waals surface area contributed by atoms with Gasteiger partial charge in [-0.05, 0) is 12.8 Å². The van der Waals surface area contributed by atoms with Crippen LogP contribution in [0, 0.1) is 0 Å². The van der Waals surface area contributed by atoms with E-state index < -0.39 is 0 Å². The van der Waals surface area contributed by atoms with E-state index in [1.807, 2.05) is 0 Å². The topological polar surface area (TPSA) is 92.9 Å². The van der Waals surface area contributed by atoms with E-state index in [2.05, 4.69) is 20.6 Å². The van der Waals surface area contributed by atoms with Crippen LogP contribution in [0.5, 0.6) is 0 Å². The largest absolute Gasteiger partial charge is 0.382 e. The number of nitrogens with two attached hydrogens (primary N) is 1. The highest BCUT2D eigenvalue weighted by molar-refractivity contribution is 5.80. The minimum Gasteiger partial charge on any atom is -0.382 e. The molecule has 1 aliphatic rings. The minimum absolute atomic E-state index is 0.0175. The van der Waals surface area contributed by atoms with Crippen LogP contribution in [0.3, 0.4) is 0 Å². The normalized spacial score (nSPS) is 14.7. The summed E-state index contributed by atoms with van der Waals surface area (Å²) in [7, 11) is 0. The third-order valence-corrected chi connectivity index (χ3v) is 2.04. The van der Waals surface area contributed by atoms with Crippen molar-refractivity contribution in [3.63, 3.8) is 0 Å². The fourth-order valence-corrected chi connectivity index (χ4v) is 1.11. The quantitative estimate of drug-likeness (QED) is 0.633. The van der Waals surface area contributed by atoms with E-state index in [4.69, 9.17) is 5.73 Å². The van der Waals surface area contributed by atoms with E-state index >= 15 is 0 Å². The van der Waals surface area contributed by atoms with Crippen molar-refractivity contribution in [3.05, 3.63) is 12.4 Å². The Morgan fingerprint density at radius 3 is 2.87 bits per heavy atom. The standard InChI is InChI=1S/C9H13N5O/c10-7-3-12-8(4-11-7)13-5-9(15)14-6-1-2-6/h3-4,6H,1-2,5H2,(H2,10,11)(H,12,13)(H,14,15). The second-order valence-electron chi connectivity index (χ2n) is 3.52. The first-order chi connectivity index (χ1) is 7.24. The van der Waals surface area contributed by atoms with Gasteiger partial charge in [0.05, 0.1) is 18.9 Å². The van der Waals surface area contributed by atoms with E-state index in [9.17, 15) is 4.79 Å². The Hall–Kier alpha value is -1.85. The fraction of sp³-hybridized carbons (Fsp3) is 0.444. The molecular weight excluding hydrogens is 194 g/mol. The van der Waals surface area contributed by atoms with Gasteiger partial charge in [-0.1, -0.05) is 0 Å². The number of hydrogen-bond donors (Lipinski definition) is 3. The molecule has 1 aliphatic carbocycles. The van der Waals surface area contributed by atoms with Crippen LogP contribution in [0.15, 0.2) is 12.4 Å². The molecule has 4 N–H and O–H groups in total. The lowest BCUT2D eigenvalue weighted by Gasteiger charge is -2.05. The monoisotopic (exact) mass is 207 g/mol. The third kappa shape index (κ3) is 3.08. The van der Waals surface area contributed by atoms with Gasteiger partial charge in [0.2, 0.25) is 5.91 Å². The van der Waals surface area contributed by atoms with Crippen molar-refractivity contribution < 1.29 is 4.79 Å². The molecule has 0 spiro atoms. The second kappa shape index (κ2) is 4.12. The molecule has 0 unspecified atom stereocenters. The molecule has 1 aromatic heterocycles. The molecule has 0 radical (unpaired) electrons. The number of nitrogens with one attached hydrogen (secondary N) is 2. The summed E-state index contributed by atoms with van der Waals surface area (Å²) in [6, 6.07) is 0.386. The van der Waals surface area contributed by atoms with Crippen LogP contribution in [0.1, 0.15) is 12.8 Å². The maximum absolute atomic E-state index is 11.3. The van der Waals surface area contributed by atoms with Gasteiger partial charge in [0, 0.05) is 6.04 Å². The number of carbonyl (C=O) groups is 1. The highest BCUT2D eigenvalue weighted by atomic mass is 16.2. The molecule has 6 nitrogen and oxygen atoms in total. The number of amides is 1. The molecule has 0 aromatic carbocycles. The van der Waals surface area contributed by atoms with Crippen molar-refractivity contribution in [1.29, 1.82) is 0 Å². The molecule has 1 saturated carbocycles. The first kappa shape index (κ1) is 9.70. The van der Waals surface area contributed by atoms with Crippen LogP contribution in [0.25, 0.3) is 0 Å². The van der Waals surface area contributed by atoms with Crippen molar-refractivity contribution >= 4 is 17.5 Å². The molecule has 80 valence electrons. The van der Waals surface area contributed by atoms with Crippen LogP contribution >= 0.6 is 0 Å². The predicted molar refractivity (Wildman–Crippen MR) is 56.1 cm³/mol. The lowest BCUT2D eigenvalue weighted by molar-refractivity contribution is -0.119. The van der Waals surface area contributed by atoms with Gasteiger partial charge in [-0.25, -0.2) is 9.97 Å². The number of nitrogens with zero attached hydrogens (tertiary/aromatic N) is 2. The summed E-state index contributed by atoms with van der Waals surface area (Å²) in [6.45, 7) is 0.217. The molecule has 1 amide bonds. The second-order valence-corrected chi connectivity index (χ2v) is 3.52. The Labute approximate surface area is 87.3 Å². The molecule has 1 fully saturated rings. The van der Waals surface area contributed by atoms with Crippen LogP contribution in [-0.4, -0.2) is 28.5 Å². The summed E-state index contributed by atoms with van der Waals surface area (Å²) in [5.41, 5.74) is 5.38. The van der Waals surface area contributed by atoms with Crippen LogP contribution in [0.4, 0.5) is 11.6 Å². The van der Waals surface area contributed by atoms with E-state index in [0.29, 0.717) is 17.7 Å². The Kier molecular flexibility index (Phi) is 2.66. The SMILES string of the molecule is Nc1cnc(NCC(=O)NC2CC2)cn1. The zero-order valence-corrected chi connectivity index (χ0v) is 8.23. The number of carbonyl (C=O) groups excluding carboxylic acids is 1. The molecular formula is C9H13N5O. The van der Waals surface area contributed by atoms with Gasteiger partial charge >= 0.3 is 0 Å². The first-order valence-corrected chi connectivity index (χ1v) is 4.85. The van der Waals surface area contributed by atoms with Crippen molar-refractivity contribution in [3.8, 4) is 0 Å². The summed E-state index contributed by atoms with van der Waals surface area (Å²) < 4.78 is 0. The molecule has 6 heteroatoms. The molecule has 0 bridgehead atoms. The average Bonchev–Trinajstić information content (AvgIpc) is 3.01. The highest BCUT2D eigenvalue weighted by Gasteiger charge is 2.22. The zero-order valence-electron chi connectivity index (χ0n) is 8.23. The summed E-state index contributed by atoms with van der Waals surface area (Å²) in [4.78, 5) is 19.1. The molecule has 2 rings (SSSR count). The lowest BCUT2D eigenvalue weighted by atomic mass is 10.5. The minimum atomic E-state index is -0.0175. The molecule has 1 heterocycles. The van der Waals surface area contributed by atoms with Gasteiger partial charge in [0.1, 0.15) is 11.6 Å².